The smallest absolute Gasteiger partial charge is 0.135 e. The zero-order chi connectivity index (χ0) is 9.97. The fraction of sp³-hybridized carbons (Fsp3) is 0. The highest BCUT2D eigenvalue weighted by molar-refractivity contribution is 5.58. The lowest BCUT2D eigenvalue weighted by atomic mass is 10.1. The zero-order valence-corrected chi connectivity index (χ0v) is 7.17. The molecule has 0 saturated carbocycles. The number of hydrogen-bond acceptors (Lipinski definition) is 1. The minimum absolute atomic E-state index is 0.256. The van der Waals surface area contributed by atoms with E-state index in [1.807, 2.05) is 0 Å². The summed E-state index contributed by atoms with van der Waals surface area (Å²) in [6.07, 6.45) is 1.54. The Morgan fingerprint density at radius 2 is 2.07 bits per heavy atom. The highest BCUT2D eigenvalue weighted by Crippen LogP contribution is 2.20. The summed E-state index contributed by atoms with van der Waals surface area (Å²) in [5.74, 6) is -1.22. The van der Waals surface area contributed by atoms with E-state index in [2.05, 4.69) is 11.1 Å². The van der Waals surface area contributed by atoms with Crippen molar-refractivity contribution in [1.29, 1.82) is 0 Å². The third kappa shape index (κ3) is 1.62. The standard InChI is InChI=1S/C11H6F2N/c12-8-4-5-9(10(13)7-8)11-3-1-2-6-14-11/h1-2,4-7H. The molecule has 2 rings (SSSR count). The van der Waals surface area contributed by atoms with E-state index in [4.69, 9.17) is 0 Å². The van der Waals surface area contributed by atoms with E-state index < -0.39 is 11.6 Å². The van der Waals surface area contributed by atoms with Gasteiger partial charge in [0.2, 0.25) is 0 Å². The summed E-state index contributed by atoms with van der Waals surface area (Å²) in [7, 11) is 0. The molecule has 0 atom stereocenters. The van der Waals surface area contributed by atoms with Crippen LogP contribution in [0.3, 0.4) is 0 Å². The average Bonchev–Trinajstić information content (AvgIpc) is 2.19. The second-order valence-electron chi connectivity index (χ2n) is 2.75. The van der Waals surface area contributed by atoms with Crippen molar-refractivity contribution in [3.63, 3.8) is 0 Å². The maximum Gasteiger partial charge on any atom is 0.135 e. The predicted octanol–water partition coefficient (Wildman–Crippen LogP) is 2.83. The maximum absolute atomic E-state index is 13.2. The van der Waals surface area contributed by atoms with E-state index in [9.17, 15) is 8.78 Å². The topological polar surface area (TPSA) is 12.9 Å². The highest BCUT2D eigenvalue weighted by atomic mass is 19.1. The van der Waals surface area contributed by atoms with Gasteiger partial charge >= 0.3 is 0 Å². The van der Waals surface area contributed by atoms with E-state index in [0.29, 0.717) is 5.69 Å². The first-order chi connectivity index (χ1) is 6.77. The molecule has 0 N–H and O–H groups in total. The van der Waals surface area contributed by atoms with Crippen LogP contribution < -0.4 is 0 Å². The van der Waals surface area contributed by atoms with Gasteiger partial charge in [0.25, 0.3) is 0 Å². The summed E-state index contributed by atoms with van der Waals surface area (Å²) in [6, 6.07) is 9.46. The quantitative estimate of drug-likeness (QED) is 0.673. The highest BCUT2D eigenvalue weighted by Gasteiger charge is 2.06. The second kappa shape index (κ2) is 3.54. The number of rotatable bonds is 1. The normalized spacial score (nSPS) is 10.1. The molecule has 0 aliphatic carbocycles. The Hall–Kier alpha value is -1.77. The lowest BCUT2D eigenvalue weighted by Gasteiger charge is -2.00. The van der Waals surface area contributed by atoms with Crippen LogP contribution in [-0.2, 0) is 0 Å². The van der Waals surface area contributed by atoms with Crippen molar-refractivity contribution in [3.8, 4) is 11.3 Å². The fourth-order valence-corrected chi connectivity index (χ4v) is 1.15. The van der Waals surface area contributed by atoms with Crippen LogP contribution in [0.25, 0.3) is 11.3 Å². The molecule has 1 heterocycles. The average molecular weight is 190 g/mol. The number of halogens is 2. The Morgan fingerprint density at radius 3 is 2.71 bits per heavy atom. The molecule has 0 aliphatic heterocycles. The van der Waals surface area contributed by atoms with Crippen molar-refractivity contribution in [1.82, 2.24) is 4.98 Å². The number of aromatic nitrogens is 1. The van der Waals surface area contributed by atoms with Gasteiger partial charge in [-0.15, -0.1) is 0 Å². The molecule has 1 radical (unpaired) electrons. The molecule has 14 heavy (non-hydrogen) atoms. The number of benzene rings is 1. The summed E-state index contributed by atoms with van der Waals surface area (Å²) in [4.78, 5) is 3.92. The van der Waals surface area contributed by atoms with Crippen molar-refractivity contribution >= 4 is 0 Å². The Bertz CT molecular complexity index is 440. The summed E-state index contributed by atoms with van der Waals surface area (Å²) in [5.41, 5.74) is 0.636. The lowest BCUT2D eigenvalue weighted by Crippen LogP contribution is -1.88. The molecule has 69 valence electrons. The molecule has 0 amide bonds. The van der Waals surface area contributed by atoms with Gasteiger partial charge in [-0.05, 0) is 18.2 Å². The van der Waals surface area contributed by atoms with E-state index in [0.717, 1.165) is 6.07 Å². The van der Waals surface area contributed by atoms with Crippen molar-refractivity contribution in [2.45, 2.75) is 0 Å². The van der Waals surface area contributed by atoms with E-state index >= 15 is 0 Å². The molecule has 0 aliphatic rings. The SMILES string of the molecule is Fc1ccc(-c2[c]cccn2)c(F)c1. The summed E-state index contributed by atoms with van der Waals surface area (Å²) < 4.78 is 25.8. The molecule has 0 fully saturated rings. The van der Waals surface area contributed by atoms with E-state index in [1.165, 1.54) is 18.3 Å². The predicted molar refractivity (Wildman–Crippen MR) is 48.4 cm³/mol. The number of pyridine rings is 1. The molecular weight excluding hydrogens is 184 g/mol. The van der Waals surface area contributed by atoms with Crippen LogP contribution in [0, 0.1) is 17.7 Å². The Morgan fingerprint density at radius 1 is 1.21 bits per heavy atom. The van der Waals surface area contributed by atoms with Crippen molar-refractivity contribution < 1.29 is 8.78 Å². The minimum atomic E-state index is -0.625. The molecular formula is C11H6F2N. The van der Waals surface area contributed by atoms with E-state index in [1.54, 1.807) is 12.1 Å². The molecule has 2 aromatic rings. The van der Waals surface area contributed by atoms with Gasteiger partial charge in [0.15, 0.2) is 0 Å². The van der Waals surface area contributed by atoms with Crippen LogP contribution in [0.1, 0.15) is 0 Å². The van der Waals surface area contributed by atoms with Crippen LogP contribution in [0.5, 0.6) is 0 Å². The Kier molecular flexibility index (Phi) is 2.23. The van der Waals surface area contributed by atoms with E-state index in [-0.39, 0.29) is 5.56 Å². The van der Waals surface area contributed by atoms with Gasteiger partial charge in [0, 0.05) is 23.9 Å². The van der Waals surface area contributed by atoms with Gasteiger partial charge in [0.05, 0.1) is 5.69 Å². The van der Waals surface area contributed by atoms with Gasteiger partial charge in [-0.25, -0.2) is 8.78 Å². The van der Waals surface area contributed by atoms with Crippen LogP contribution in [0.15, 0.2) is 36.5 Å². The van der Waals surface area contributed by atoms with Crippen molar-refractivity contribution in [3.05, 3.63) is 54.2 Å². The van der Waals surface area contributed by atoms with Gasteiger partial charge in [-0.1, -0.05) is 6.07 Å². The lowest BCUT2D eigenvalue weighted by molar-refractivity contribution is 0.585. The molecule has 0 bridgehead atoms. The first-order valence-electron chi connectivity index (χ1n) is 4.05. The fourth-order valence-electron chi connectivity index (χ4n) is 1.15. The van der Waals surface area contributed by atoms with Crippen molar-refractivity contribution in [2.75, 3.05) is 0 Å². The van der Waals surface area contributed by atoms with Crippen LogP contribution in [-0.4, -0.2) is 4.98 Å². The molecule has 0 saturated heterocycles. The van der Waals surface area contributed by atoms with Gasteiger partial charge in [-0.3, -0.25) is 4.98 Å². The summed E-state index contributed by atoms with van der Waals surface area (Å²) in [6.45, 7) is 0. The molecule has 0 spiro atoms. The molecule has 0 unspecified atom stereocenters. The van der Waals surface area contributed by atoms with Crippen LogP contribution in [0.4, 0.5) is 8.78 Å². The second-order valence-corrected chi connectivity index (χ2v) is 2.75. The number of nitrogens with zero attached hydrogens (tertiary/aromatic N) is 1. The van der Waals surface area contributed by atoms with Gasteiger partial charge in [-0.2, -0.15) is 0 Å². The largest absolute Gasteiger partial charge is 0.255 e. The maximum atomic E-state index is 13.2. The van der Waals surface area contributed by atoms with Gasteiger partial charge < -0.3 is 0 Å². The first kappa shape index (κ1) is 8.81. The summed E-state index contributed by atoms with van der Waals surface area (Å²) in [5, 5.41) is 0. The van der Waals surface area contributed by atoms with Crippen molar-refractivity contribution in [2.24, 2.45) is 0 Å². The monoisotopic (exact) mass is 190 g/mol. The Labute approximate surface area is 80.0 Å². The number of hydrogen-bond donors (Lipinski definition) is 0. The zero-order valence-electron chi connectivity index (χ0n) is 7.17. The van der Waals surface area contributed by atoms with Gasteiger partial charge in [0.1, 0.15) is 11.6 Å². The third-order valence-corrected chi connectivity index (χ3v) is 1.79. The van der Waals surface area contributed by atoms with Crippen LogP contribution >= 0.6 is 0 Å². The summed E-state index contributed by atoms with van der Waals surface area (Å²) >= 11 is 0. The molecule has 1 nitrogen and oxygen atoms in total. The Balaban J connectivity index is 2.53. The molecule has 1 aromatic heterocycles. The van der Waals surface area contributed by atoms with Crippen LogP contribution in [0.2, 0.25) is 0 Å². The minimum Gasteiger partial charge on any atom is -0.255 e. The molecule has 1 aromatic carbocycles. The first-order valence-corrected chi connectivity index (χ1v) is 4.05. The molecule has 3 heteroatoms. The third-order valence-electron chi connectivity index (χ3n) is 1.79.